The van der Waals surface area contributed by atoms with Crippen molar-refractivity contribution in [2.24, 2.45) is 0 Å². The van der Waals surface area contributed by atoms with Crippen LogP contribution in [0.1, 0.15) is 24.8 Å². The van der Waals surface area contributed by atoms with Crippen LogP contribution >= 0.6 is 0 Å². The summed E-state index contributed by atoms with van der Waals surface area (Å²) in [4.78, 5) is 0. The normalized spacial score (nSPS) is 21.8. The molecule has 0 spiro atoms. The highest BCUT2D eigenvalue weighted by Gasteiger charge is 2.17. The number of benzene rings is 1. The lowest BCUT2D eigenvalue weighted by Gasteiger charge is -2.23. The van der Waals surface area contributed by atoms with E-state index in [0.29, 0.717) is 6.10 Å². The molecule has 14 heavy (non-hydrogen) atoms. The summed E-state index contributed by atoms with van der Waals surface area (Å²) in [6.45, 7) is 0. The van der Waals surface area contributed by atoms with Gasteiger partial charge in [-0.25, -0.2) is 0 Å². The van der Waals surface area contributed by atoms with Gasteiger partial charge in [0.05, 0.1) is 6.10 Å². The van der Waals surface area contributed by atoms with Crippen LogP contribution in [-0.4, -0.2) is 13.2 Å². The van der Waals surface area contributed by atoms with Crippen molar-refractivity contribution < 1.29 is 4.74 Å². The summed E-state index contributed by atoms with van der Waals surface area (Å²) in [6.07, 6.45) is 6.19. The highest BCUT2D eigenvalue weighted by Crippen LogP contribution is 2.28. The molecule has 0 aromatic heterocycles. The summed E-state index contributed by atoms with van der Waals surface area (Å²) in [5.74, 6) is 0. The molecule has 1 atom stereocenters. The van der Waals surface area contributed by atoms with Crippen LogP contribution in [0.2, 0.25) is 0 Å². The van der Waals surface area contributed by atoms with Gasteiger partial charge in [0, 0.05) is 7.11 Å². The molecule has 0 saturated carbocycles. The Morgan fingerprint density at radius 3 is 2.71 bits per heavy atom. The lowest BCUT2D eigenvalue weighted by atomic mass is 9.91. The van der Waals surface area contributed by atoms with Gasteiger partial charge in [-0.1, -0.05) is 36.4 Å². The first-order valence-corrected chi connectivity index (χ1v) is 5.20. The summed E-state index contributed by atoms with van der Waals surface area (Å²) < 4.78 is 5.49. The fraction of sp³-hybridized carbons (Fsp3) is 0.385. The molecule has 0 amide bonds. The Morgan fingerprint density at radius 1 is 1.21 bits per heavy atom. The number of ether oxygens (including phenoxy) is 1. The predicted molar refractivity (Wildman–Crippen MR) is 59.1 cm³/mol. The Hall–Kier alpha value is -1.08. The summed E-state index contributed by atoms with van der Waals surface area (Å²) in [6, 6.07) is 10.5. The van der Waals surface area contributed by atoms with E-state index in [1.54, 1.807) is 7.11 Å². The average molecular weight is 188 g/mol. The molecule has 0 saturated heterocycles. The van der Waals surface area contributed by atoms with E-state index in [9.17, 15) is 0 Å². The van der Waals surface area contributed by atoms with Crippen LogP contribution < -0.4 is 0 Å². The zero-order chi connectivity index (χ0) is 9.80. The van der Waals surface area contributed by atoms with Gasteiger partial charge in [0.1, 0.15) is 0 Å². The number of allylic oxidation sites excluding steroid dienone is 1. The highest BCUT2D eigenvalue weighted by molar-refractivity contribution is 5.69. The maximum absolute atomic E-state index is 5.49. The number of rotatable bonds is 2. The smallest absolute Gasteiger partial charge is 0.0824 e. The van der Waals surface area contributed by atoms with Crippen molar-refractivity contribution >= 4 is 5.57 Å². The molecule has 0 heterocycles. The first-order valence-electron chi connectivity index (χ1n) is 5.20. The first-order chi connectivity index (χ1) is 6.92. The van der Waals surface area contributed by atoms with Crippen molar-refractivity contribution in [1.29, 1.82) is 0 Å². The van der Waals surface area contributed by atoms with Gasteiger partial charge in [-0.05, 0) is 30.4 Å². The zero-order valence-electron chi connectivity index (χ0n) is 8.57. The third kappa shape index (κ3) is 1.88. The minimum atomic E-state index is 0.297. The fourth-order valence-corrected chi connectivity index (χ4v) is 2.03. The van der Waals surface area contributed by atoms with E-state index >= 15 is 0 Å². The monoisotopic (exact) mass is 188 g/mol. The van der Waals surface area contributed by atoms with Gasteiger partial charge in [0.25, 0.3) is 0 Å². The van der Waals surface area contributed by atoms with Gasteiger partial charge < -0.3 is 4.74 Å². The third-order valence-corrected chi connectivity index (χ3v) is 2.77. The van der Waals surface area contributed by atoms with Crippen LogP contribution in [0.3, 0.4) is 0 Å². The molecule has 0 aliphatic heterocycles. The Kier molecular flexibility index (Phi) is 3.00. The van der Waals surface area contributed by atoms with Gasteiger partial charge in [-0.2, -0.15) is 0 Å². The molecule has 0 fully saturated rings. The molecule has 1 nitrogen and oxygen atoms in total. The molecule has 1 aliphatic carbocycles. The SMILES string of the molecule is CO[C@H]1CCCC=C1c1ccccc1. The summed E-state index contributed by atoms with van der Waals surface area (Å²) in [5.41, 5.74) is 2.67. The van der Waals surface area contributed by atoms with Crippen molar-refractivity contribution in [1.82, 2.24) is 0 Å². The molecule has 0 N–H and O–H groups in total. The largest absolute Gasteiger partial charge is 0.377 e. The van der Waals surface area contributed by atoms with Gasteiger partial charge in [-0.15, -0.1) is 0 Å². The van der Waals surface area contributed by atoms with Gasteiger partial charge in [0.2, 0.25) is 0 Å². The first kappa shape index (κ1) is 9.47. The molecule has 0 radical (unpaired) electrons. The van der Waals surface area contributed by atoms with E-state index < -0.39 is 0 Å². The standard InChI is InChI=1S/C13H16O/c1-14-13-10-6-5-9-12(13)11-7-3-2-4-8-11/h2-4,7-9,13H,5-6,10H2,1H3/t13-/m0/s1. The number of hydrogen-bond acceptors (Lipinski definition) is 1. The minimum absolute atomic E-state index is 0.297. The number of methoxy groups -OCH3 is 1. The molecule has 0 unspecified atom stereocenters. The second-order valence-electron chi connectivity index (χ2n) is 3.68. The van der Waals surface area contributed by atoms with Crippen LogP contribution in [0.25, 0.3) is 5.57 Å². The van der Waals surface area contributed by atoms with Crippen LogP contribution in [-0.2, 0) is 4.74 Å². The Balaban J connectivity index is 2.28. The molecule has 1 aromatic carbocycles. The maximum Gasteiger partial charge on any atom is 0.0824 e. The van der Waals surface area contributed by atoms with Crippen LogP contribution in [0.4, 0.5) is 0 Å². The quantitative estimate of drug-likeness (QED) is 0.692. The van der Waals surface area contributed by atoms with Crippen LogP contribution in [0, 0.1) is 0 Å². The second-order valence-corrected chi connectivity index (χ2v) is 3.68. The van der Waals surface area contributed by atoms with E-state index in [-0.39, 0.29) is 0 Å². The molecule has 2 rings (SSSR count). The lowest BCUT2D eigenvalue weighted by Crippen LogP contribution is -2.15. The predicted octanol–water partition coefficient (Wildman–Crippen LogP) is 3.27. The van der Waals surface area contributed by atoms with Crippen LogP contribution in [0.15, 0.2) is 36.4 Å². The molecule has 1 heteroatoms. The van der Waals surface area contributed by atoms with Crippen molar-refractivity contribution in [2.75, 3.05) is 7.11 Å². The van der Waals surface area contributed by atoms with Crippen molar-refractivity contribution in [3.8, 4) is 0 Å². The molecule has 1 aromatic rings. The van der Waals surface area contributed by atoms with Gasteiger partial charge in [-0.3, -0.25) is 0 Å². The average Bonchev–Trinajstić information content (AvgIpc) is 2.30. The summed E-state index contributed by atoms with van der Waals surface area (Å²) in [7, 11) is 1.80. The summed E-state index contributed by atoms with van der Waals surface area (Å²) >= 11 is 0. The Labute approximate surface area is 85.4 Å². The Bertz CT molecular complexity index is 313. The third-order valence-electron chi connectivity index (χ3n) is 2.77. The van der Waals surface area contributed by atoms with Crippen LogP contribution in [0.5, 0.6) is 0 Å². The number of hydrogen-bond donors (Lipinski definition) is 0. The molecular formula is C13H16O. The molecule has 1 aliphatic rings. The van der Waals surface area contributed by atoms with E-state index in [4.69, 9.17) is 4.74 Å². The fourth-order valence-electron chi connectivity index (χ4n) is 2.03. The van der Waals surface area contributed by atoms with Crippen molar-refractivity contribution in [3.05, 3.63) is 42.0 Å². The van der Waals surface area contributed by atoms with Crippen molar-refractivity contribution in [2.45, 2.75) is 25.4 Å². The lowest BCUT2D eigenvalue weighted by molar-refractivity contribution is 0.136. The minimum Gasteiger partial charge on any atom is -0.377 e. The molecular weight excluding hydrogens is 172 g/mol. The van der Waals surface area contributed by atoms with E-state index in [0.717, 1.165) is 6.42 Å². The highest BCUT2D eigenvalue weighted by atomic mass is 16.5. The second kappa shape index (κ2) is 4.43. The van der Waals surface area contributed by atoms with E-state index in [1.165, 1.54) is 24.0 Å². The van der Waals surface area contributed by atoms with Gasteiger partial charge in [0.15, 0.2) is 0 Å². The molecule has 0 bridgehead atoms. The van der Waals surface area contributed by atoms with E-state index in [1.807, 2.05) is 0 Å². The topological polar surface area (TPSA) is 9.23 Å². The molecule has 74 valence electrons. The Morgan fingerprint density at radius 2 is 2.00 bits per heavy atom. The summed E-state index contributed by atoms with van der Waals surface area (Å²) in [5, 5.41) is 0. The maximum atomic E-state index is 5.49. The van der Waals surface area contributed by atoms with Gasteiger partial charge >= 0.3 is 0 Å². The van der Waals surface area contributed by atoms with Crippen molar-refractivity contribution in [3.63, 3.8) is 0 Å². The van der Waals surface area contributed by atoms with E-state index in [2.05, 4.69) is 36.4 Å². The zero-order valence-corrected chi connectivity index (χ0v) is 8.57.